The Morgan fingerprint density at radius 2 is 1.68 bits per heavy atom. The van der Waals surface area contributed by atoms with Gasteiger partial charge in [0.15, 0.2) is 0 Å². The van der Waals surface area contributed by atoms with Crippen LogP contribution in [0.2, 0.25) is 0 Å². The Labute approximate surface area is 219 Å². The number of benzene rings is 2. The molecule has 0 radical (unpaired) electrons. The third kappa shape index (κ3) is 8.20. The number of rotatable bonds is 6. The van der Waals surface area contributed by atoms with Crippen molar-refractivity contribution in [3.05, 3.63) is 59.2 Å². The van der Waals surface area contributed by atoms with Crippen molar-refractivity contribution in [3.63, 3.8) is 0 Å². The molecule has 2 aromatic rings. The number of hydrogen-bond donors (Lipinski definition) is 3. The number of carbonyl (C=O) groups is 3. The van der Waals surface area contributed by atoms with Crippen LogP contribution in [0.1, 0.15) is 52.0 Å². The van der Waals surface area contributed by atoms with E-state index in [2.05, 4.69) is 15.1 Å². The lowest BCUT2D eigenvalue weighted by atomic mass is 9.96. The van der Waals surface area contributed by atoms with Gasteiger partial charge in [0, 0.05) is 30.9 Å². The predicted octanol–water partition coefficient (Wildman–Crippen LogP) is 4.89. The summed E-state index contributed by atoms with van der Waals surface area (Å²) in [5.41, 5.74) is 3.04. The van der Waals surface area contributed by atoms with Gasteiger partial charge in [0.25, 0.3) is 5.91 Å². The molecule has 8 nitrogen and oxygen atoms in total. The van der Waals surface area contributed by atoms with Gasteiger partial charge in [0.05, 0.1) is 11.3 Å². The third-order valence-electron chi connectivity index (χ3n) is 6.58. The predicted molar refractivity (Wildman–Crippen MR) is 137 cm³/mol. The highest BCUT2D eigenvalue weighted by molar-refractivity contribution is 6.05. The molecular weight excluding hydrogens is 503 g/mol. The second-order valence-electron chi connectivity index (χ2n) is 9.63. The SMILES string of the molecule is Cc1cccc(C(=O)Nc2ccc(N3CCCC(CN4CCCC4)C3)c(C(=O)O)c2)c1.O=C(O)C(F)(F)F. The summed E-state index contributed by atoms with van der Waals surface area (Å²) in [4.78, 5) is 38.2. The molecular formula is C27H32F3N3O5. The summed E-state index contributed by atoms with van der Waals surface area (Å²) in [7, 11) is 0. The first-order chi connectivity index (χ1) is 17.9. The van der Waals surface area contributed by atoms with Gasteiger partial charge in [-0.1, -0.05) is 17.7 Å². The van der Waals surface area contributed by atoms with Crippen molar-refractivity contribution in [1.29, 1.82) is 0 Å². The number of carboxylic acid groups (broad SMARTS) is 2. The van der Waals surface area contributed by atoms with E-state index >= 15 is 0 Å². The van der Waals surface area contributed by atoms with E-state index < -0.39 is 18.1 Å². The van der Waals surface area contributed by atoms with E-state index in [1.54, 1.807) is 18.2 Å². The molecule has 2 aromatic carbocycles. The van der Waals surface area contributed by atoms with Gasteiger partial charge < -0.3 is 25.3 Å². The maximum absolute atomic E-state index is 12.6. The number of alkyl halides is 3. The molecule has 11 heteroatoms. The third-order valence-corrected chi connectivity index (χ3v) is 6.58. The topological polar surface area (TPSA) is 110 Å². The number of carbonyl (C=O) groups excluding carboxylic acids is 1. The van der Waals surface area contributed by atoms with Gasteiger partial charge in [-0.15, -0.1) is 0 Å². The molecule has 0 bridgehead atoms. The Morgan fingerprint density at radius 1 is 1.00 bits per heavy atom. The lowest BCUT2D eigenvalue weighted by Crippen LogP contribution is -2.41. The number of aryl methyl sites for hydroxylation is 1. The zero-order chi connectivity index (χ0) is 27.9. The molecule has 2 saturated heterocycles. The van der Waals surface area contributed by atoms with E-state index in [1.807, 2.05) is 31.2 Å². The smallest absolute Gasteiger partial charge is 0.478 e. The van der Waals surface area contributed by atoms with Crippen LogP contribution in [-0.2, 0) is 4.79 Å². The molecule has 2 heterocycles. The normalized spacial score (nSPS) is 17.9. The van der Waals surface area contributed by atoms with E-state index in [9.17, 15) is 27.9 Å². The highest BCUT2D eigenvalue weighted by Gasteiger charge is 2.38. The Hall–Kier alpha value is -3.60. The van der Waals surface area contributed by atoms with E-state index in [0.717, 1.165) is 37.3 Å². The number of nitrogens with one attached hydrogen (secondary N) is 1. The molecule has 206 valence electrons. The first kappa shape index (κ1) is 29.0. The highest BCUT2D eigenvalue weighted by Crippen LogP contribution is 2.30. The zero-order valence-electron chi connectivity index (χ0n) is 21.1. The summed E-state index contributed by atoms with van der Waals surface area (Å²) >= 11 is 0. The lowest BCUT2D eigenvalue weighted by Gasteiger charge is -2.36. The molecule has 1 unspecified atom stereocenters. The van der Waals surface area contributed by atoms with Crippen LogP contribution in [-0.4, -0.2) is 71.9 Å². The van der Waals surface area contributed by atoms with E-state index in [0.29, 0.717) is 17.2 Å². The second-order valence-corrected chi connectivity index (χ2v) is 9.63. The second kappa shape index (κ2) is 12.8. The van der Waals surface area contributed by atoms with Gasteiger partial charge in [0.2, 0.25) is 0 Å². The molecule has 0 saturated carbocycles. The summed E-state index contributed by atoms with van der Waals surface area (Å²) in [6.07, 6.45) is -0.242. The number of aliphatic carboxylic acids is 1. The molecule has 1 atom stereocenters. The van der Waals surface area contributed by atoms with E-state index in [1.165, 1.54) is 32.4 Å². The summed E-state index contributed by atoms with van der Waals surface area (Å²) in [5.74, 6) is -3.40. The van der Waals surface area contributed by atoms with Crippen molar-refractivity contribution in [1.82, 2.24) is 4.90 Å². The van der Waals surface area contributed by atoms with E-state index in [4.69, 9.17) is 9.90 Å². The highest BCUT2D eigenvalue weighted by atomic mass is 19.4. The van der Waals surface area contributed by atoms with Gasteiger partial charge in [-0.25, -0.2) is 9.59 Å². The number of hydrogen-bond acceptors (Lipinski definition) is 5. The molecule has 2 fully saturated rings. The molecule has 1 amide bonds. The van der Waals surface area contributed by atoms with Crippen molar-refractivity contribution >= 4 is 29.2 Å². The number of amides is 1. The Balaban J connectivity index is 0.000000505. The molecule has 0 aliphatic carbocycles. The average Bonchev–Trinajstić information content (AvgIpc) is 3.37. The van der Waals surface area contributed by atoms with Crippen molar-refractivity contribution < 1.29 is 37.8 Å². The van der Waals surface area contributed by atoms with Crippen molar-refractivity contribution in [2.24, 2.45) is 5.92 Å². The number of nitrogens with zero attached hydrogens (tertiary/aromatic N) is 2. The number of halogens is 3. The quantitative estimate of drug-likeness (QED) is 0.483. The van der Waals surface area contributed by atoms with Crippen LogP contribution in [0.15, 0.2) is 42.5 Å². The fourth-order valence-electron chi connectivity index (χ4n) is 4.81. The molecule has 0 spiro atoms. The van der Waals surface area contributed by atoms with Gasteiger partial charge in [-0.2, -0.15) is 13.2 Å². The van der Waals surface area contributed by atoms with Crippen LogP contribution in [0.4, 0.5) is 24.5 Å². The minimum atomic E-state index is -5.08. The molecule has 0 aromatic heterocycles. The number of carboxylic acids is 2. The molecule has 2 aliphatic rings. The lowest BCUT2D eigenvalue weighted by molar-refractivity contribution is -0.192. The Kier molecular flexibility index (Phi) is 9.73. The average molecular weight is 536 g/mol. The Morgan fingerprint density at radius 3 is 2.29 bits per heavy atom. The fourth-order valence-corrected chi connectivity index (χ4v) is 4.81. The number of piperidine rings is 1. The van der Waals surface area contributed by atoms with E-state index in [-0.39, 0.29) is 11.5 Å². The van der Waals surface area contributed by atoms with Crippen molar-refractivity contribution in [2.45, 2.75) is 38.8 Å². The van der Waals surface area contributed by atoms with Crippen LogP contribution in [0, 0.1) is 12.8 Å². The first-order valence-corrected chi connectivity index (χ1v) is 12.5. The van der Waals surface area contributed by atoms with Crippen LogP contribution in [0.3, 0.4) is 0 Å². The first-order valence-electron chi connectivity index (χ1n) is 12.5. The largest absolute Gasteiger partial charge is 0.490 e. The van der Waals surface area contributed by atoms with Gasteiger partial charge in [-0.05, 0) is 81.9 Å². The summed E-state index contributed by atoms with van der Waals surface area (Å²) < 4.78 is 31.7. The van der Waals surface area contributed by atoms with Crippen molar-refractivity contribution in [3.8, 4) is 0 Å². The molecule has 3 N–H and O–H groups in total. The van der Waals surface area contributed by atoms with Crippen LogP contribution >= 0.6 is 0 Å². The van der Waals surface area contributed by atoms with Crippen LogP contribution in [0.5, 0.6) is 0 Å². The van der Waals surface area contributed by atoms with Gasteiger partial charge in [0.1, 0.15) is 0 Å². The molecule has 38 heavy (non-hydrogen) atoms. The number of anilines is 2. The van der Waals surface area contributed by atoms with Gasteiger partial charge in [-0.3, -0.25) is 4.79 Å². The minimum Gasteiger partial charge on any atom is -0.478 e. The minimum absolute atomic E-state index is 0.239. The number of aromatic carboxylic acids is 1. The van der Waals surface area contributed by atoms with Crippen molar-refractivity contribution in [2.75, 3.05) is 42.9 Å². The van der Waals surface area contributed by atoms with Crippen LogP contribution in [0.25, 0.3) is 0 Å². The van der Waals surface area contributed by atoms with Gasteiger partial charge >= 0.3 is 18.1 Å². The monoisotopic (exact) mass is 535 g/mol. The Bertz CT molecular complexity index is 1150. The molecule has 4 rings (SSSR count). The van der Waals surface area contributed by atoms with Crippen LogP contribution < -0.4 is 10.2 Å². The summed E-state index contributed by atoms with van der Waals surface area (Å²) in [6, 6.07) is 12.6. The zero-order valence-corrected chi connectivity index (χ0v) is 21.1. The number of likely N-dealkylation sites (tertiary alicyclic amines) is 1. The maximum atomic E-state index is 12.6. The standard InChI is InChI=1S/C25H31N3O3.C2HF3O2/c1-18-6-4-8-20(14-18)24(29)26-21-9-10-23(22(15-21)25(30)31)28-13-5-7-19(17-28)16-27-11-2-3-12-27;3-2(4,5)1(6)7/h4,6,8-10,14-15,19H,2-3,5,7,11-13,16-17H2,1H3,(H,26,29)(H,30,31);(H,6,7). The summed E-state index contributed by atoms with van der Waals surface area (Å²) in [6.45, 7) is 7.16. The fraction of sp³-hybridized carbons (Fsp3) is 0.444. The molecule has 2 aliphatic heterocycles. The maximum Gasteiger partial charge on any atom is 0.490 e. The summed E-state index contributed by atoms with van der Waals surface area (Å²) in [5, 5.41) is 19.8.